The average Bonchev–Trinajstić information content (AvgIpc) is 3.64. The molecule has 2 aromatic heterocycles. The van der Waals surface area contributed by atoms with Crippen LogP contribution in [0.1, 0.15) is 22.5 Å². The van der Waals surface area contributed by atoms with E-state index in [1.165, 1.54) is 56.4 Å². The number of anilines is 6. The number of fused-ring (bicyclic) bond motifs is 2. The van der Waals surface area contributed by atoms with Crippen LogP contribution >= 0.6 is 0 Å². The largest absolute Gasteiger partial charge is 0.346 e. The Hall–Kier alpha value is -5.62. The topological polar surface area (TPSA) is 38.7 Å². The number of rotatable bonds is 7. The number of aromatic nitrogens is 2. The fourth-order valence-corrected chi connectivity index (χ4v) is 7.03. The van der Waals surface area contributed by atoms with Crippen molar-refractivity contribution in [2.75, 3.05) is 32.9 Å². The van der Waals surface area contributed by atoms with Gasteiger partial charge in [-0.15, -0.1) is 0 Å². The molecule has 0 spiro atoms. The lowest BCUT2D eigenvalue weighted by molar-refractivity contribution is 0.811. The number of hydrogen-bond acceptors (Lipinski definition) is 6. The third kappa shape index (κ3) is 4.92. The van der Waals surface area contributed by atoms with E-state index in [2.05, 4.69) is 153 Å². The first-order valence-electron chi connectivity index (χ1n) is 15.9. The summed E-state index contributed by atoms with van der Waals surface area (Å²) in [5.74, 6) is 0. The van der Waals surface area contributed by atoms with Gasteiger partial charge < -0.3 is 19.6 Å². The van der Waals surface area contributed by atoms with E-state index in [4.69, 9.17) is 0 Å². The maximum absolute atomic E-state index is 4.64. The summed E-state index contributed by atoms with van der Waals surface area (Å²) in [6, 6.07) is 43.2. The second-order valence-corrected chi connectivity index (χ2v) is 12.1. The molecule has 0 saturated heterocycles. The van der Waals surface area contributed by atoms with Crippen LogP contribution in [0.4, 0.5) is 34.1 Å². The van der Waals surface area contributed by atoms with Gasteiger partial charge in [-0.1, -0.05) is 60.7 Å². The molecule has 6 aromatic rings. The van der Waals surface area contributed by atoms with Crippen molar-refractivity contribution in [3.05, 3.63) is 156 Å². The minimum absolute atomic E-state index is 0.748. The molecular formula is C40H36N6. The van der Waals surface area contributed by atoms with Gasteiger partial charge in [0.2, 0.25) is 0 Å². The highest BCUT2D eigenvalue weighted by atomic mass is 15.4. The van der Waals surface area contributed by atoms with E-state index in [0.717, 1.165) is 37.8 Å². The number of para-hydroxylation sites is 4. The molecule has 0 unspecified atom stereocenters. The molecule has 0 radical (unpaired) electrons. The first-order valence-corrected chi connectivity index (χ1v) is 15.9. The van der Waals surface area contributed by atoms with Crippen LogP contribution in [0.5, 0.6) is 0 Å². The minimum Gasteiger partial charge on any atom is -0.346 e. The van der Waals surface area contributed by atoms with Crippen molar-refractivity contribution in [2.24, 2.45) is 0 Å². The number of nitrogens with zero attached hydrogens (tertiary/aromatic N) is 6. The van der Waals surface area contributed by atoms with Crippen LogP contribution in [0, 0.1) is 13.8 Å². The molecule has 226 valence electrons. The molecule has 4 heterocycles. The third-order valence-electron chi connectivity index (χ3n) is 9.14. The minimum atomic E-state index is 0.748. The van der Waals surface area contributed by atoms with Gasteiger partial charge in [-0.05, 0) is 85.6 Å². The predicted octanol–water partition coefficient (Wildman–Crippen LogP) is 8.99. The molecular weight excluding hydrogens is 564 g/mol. The summed E-state index contributed by atoms with van der Waals surface area (Å²) < 4.78 is 0. The van der Waals surface area contributed by atoms with Gasteiger partial charge in [-0.2, -0.15) is 0 Å². The van der Waals surface area contributed by atoms with Crippen molar-refractivity contribution in [1.29, 1.82) is 0 Å². The van der Waals surface area contributed by atoms with Gasteiger partial charge in [0, 0.05) is 23.5 Å². The second-order valence-electron chi connectivity index (χ2n) is 12.1. The monoisotopic (exact) mass is 600 g/mol. The fourth-order valence-electron chi connectivity index (χ4n) is 7.03. The zero-order valence-electron chi connectivity index (χ0n) is 26.2. The Morgan fingerprint density at radius 1 is 0.435 bits per heavy atom. The van der Waals surface area contributed by atoms with Crippen LogP contribution in [0.15, 0.2) is 134 Å². The van der Waals surface area contributed by atoms with Crippen LogP contribution in [0.25, 0.3) is 11.1 Å². The normalized spacial score (nSPS) is 13.7. The van der Waals surface area contributed by atoms with Crippen molar-refractivity contribution in [3.63, 3.8) is 0 Å². The lowest BCUT2D eigenvalue weighted by Crippen LogP contribution is -2.29. The molecule has 6 nitrogen and oxygen atoms in total. The Kier molecular flexibility index (Phi) is 7.10. The van der Waals surface area contributed by atoms with E-state index in [-0.39, 0.29) is 0 Å². The number of aryl methyl sites for hydroxylation is 2. The quantitative estimate of drug-likeness (QED) is 0.182. The number of benzene rings is 4. The lowest BCUT2D eigenvalue weighted by atomic mass is 9.92. The van der Waals surface area contributed by atoms with Crippen molar-refractivity contribution in [2.45, 2.75) is 26.9 Å². The Bertz CT molecular complexity index is 1860. The van der Waals surface area contributed by atoms with E-state index in [1.807, 2.05) is 24.5 Å². The Labute approximate surface area is 270 Å². The molecule has 4 aromatic carbocycles. The molecule has 2 aliphatic heterocycles. The van der Waals surface area contributed by atoms with Crippen molar-refractivity contribution in [1.82, 2.24) is 9.97 Å². The Morgan fingerprint density at radius 3 is 1.24 bits per heavy atom. The fraction of sp³-hybridized carbons (Fsp3) is 0.150. The zero-order valence-corrected chi connectivity index (χ0v) is 26.2. The summed E-state index contributed by atoms with van der Waals surface area (Å²) in [5.41, 5.74) is 14.5. The highest BCUT2D eigenvalue weighted by molar-refractivity contribution is 5.98. The predicted molar refractivity (Wildman–Crippen MR) is 189 cm³/mol. The summed E-state index contributed by atoms with van der Waals surface area (Å²) >= 11 is 0. The highest BCUT2D eigenvalue weighted by Crippen LogP contribution is 2.50. The maximum atomic E-state index is 4.64. The molecule has 8 rings (SSSR count). The summed E-state index contributed by atoms with van der Waals surface area (Å²) in [4.78, 5) is 19.1. The van der Waals surface area contributed by atoms with Gasteiger partial charge in [-0.25, -0.2) is 0 Å². The summed E-state index contributed by atoms with van der Waals surface area (Å²) in [6.07, 6.45) is 3.75. The van der Waals surface area contributed by atoms with Gasteiger partial charge in [0.05, 0.1) is 71.9 Å². The number of pyridine rings is 2. The van der Waals surface area contributed by atoms with Gasteiger partial charge >= 0.3 is 0 Å². The zero-order chi connectivity index (χ0) is 31.0. The van der Waals surface area contributed by atoms with E-state index in [0.29, 0.717) is 0 Å². The van der Waals surface area contributed by atoms with E-state index < -0.39 is 0 Å². The van der Waals surface area contributed by atoms with Crippen LogP contribution < -0.4 is 19.6 Å². The highest BCUT2D eigenvalue weighted by Gasteiger charge is 2.32. The molecule has 0 atom stereocenters. The van der Waals surface area contributed by atoms with Crippen molar-refractivity contribution < 1.29 is 0 Å². The summed E-state index contributed by atoms with van der Waals surface area (Å²) in [6.45, 7) is 7.49. The van der Waals surface area contributed by atoms with E-state index >= 15 is 0 Å². The van der Waals surface area contributed by atoms with Gasteiger partial charge in [-0.3, -0.25) is 9.97 Å². The van der Waals surface area contributed by atoms with Gasteiger partial charge in [0.1, 0.15) is 0 Å². The van der Waals surface area contributed by atoms with E-state index in [9.17, 15) is 0 Å². The Morgan fingerprint density at radius 2 is 0.826 bits per heavy atom. The molecule has 0 fully saturated rings. The standard InChI is InChI=1S/C40H36N6/c1-29-13-11-21-37(45-27-43(25-31-15-7-9-23-41-31)33-17-3-5-19-35(33)45)39(29)40-30(2)14-12-22-38(40)46-28-44(26-32-16-8-10-24-42-32)34-18-4-6-20-36(34)46/h3-24H,25-28H2,1-2H3. The van der Waals surface area contributed by atoms with Crippen LogP contribution in [-0.2, 0) is 13.1 Å². The van der Waals surface area contributed by atoms with Crippen LogP contribution in [0.2, 0.25) is 0 Å². The molecule has 0 amide bonds. The van der Waals surface area contributed by atoms with Crippen molar-refractivity contribution >= 4 is 34.1 Å². The lowest BCUT2D eigenvalue weighted by Gasteiger charge is -2.29. The third-order valence-corrected chi connectivity index (χ3v) is 9.14. The molecule has 6 heteroatoms. The molecule has 0 N–H and O–H groups in total. The van der Waals surface area contributed by atoms with Crippen LogP contribution in [0.3, 0.4) is 0 Å². The molecule has 0 bridgehead atoms. The first kappa shape index (κ1) is 27.9. The molecule has 2 aliphatic rings. The van der Waals surface area contributed by atoms with Gasteiger partial charge in [0.15, 0.2) is 0 Å². The van der Waals surface area contributed by atoms with Gasteiger partial charge in [0.25, 0.3) is 0 Å². The van der Waals surface area contributed by atoms with E-state index in [1.54, 1.807) is 0 Å². The molecule has 46 heavy (non-hydrogen) atoms. The molecule has 0 saturated carbocycles. The van der Waals surface area contributed by atoms with Crippen LogP contribution in [-0.4, -0.2) is 23.3 Å². The smallest absolute Gasteiger partial charge is 0.0957 e. The number of hydrogen-bond donors (Lipinski definition) is 0. The molecule has 0 aliphatic carbocycles. The Balaban J connectivity index is 1.22. The van der Waals surface area contributed by atoms with Crippen molar-refractivity contribution in [3.8, 4) is 11.1 Å². The second kappa shape index (κ2) is 11.7. The average molecular weight is 601 g/mol. The summed E-state index contributed by atoms with van der Waals surface area (Å²) in [5, 5.41) is 0. The first-order chi connectivity index (χ1) is 22.7. The summed E-state index contributed by atoms with van der Waals surface area (Å²) in [7, 11) is 0. The SMILES string of the molecule is Cc1cccc(N2CN(Cc3ccccn3)c3ccccc32)c1-c1c(C)cccc1N1CN(Cc2ccccn2)c2ccccc21. The maximum Gasteiger partial charge on any atom is 0.0957 e.